The van der Waals surface area contributed by atoms with E-state index < -0.39 is 43.9 Å². The van der Waals surface area contributed by atoms with Crippen molar-refractivity contribution >= 4 is 15.7 Å². The second-order valence-electron chi connectivity index (χ2n) is 4.41. The molecule has 0 radical (unpaired) electrons. The normalized spacial score (nSPS) is 13.0. The van der Waals surface area contributed by atoms with Crippen LogP contribution in [0.1, 0.15) is 13.3 Å². The zero-order chi connectivity index (χ0) is 16.2. The lowest BCUT2D eigenvalue weighted by Gasteiger charge is -2.15. The van der Waals surface area contributed by atoms with Crippen LogP contribution in [0.2, 0.25) is 0 Å². The summed E-state index contributed by atoms with van der Waals surface area (Å²) in [7, 11) is -3.71. The molecule has 0 aliphatic heterocycles. The molecule has 0 amide bonds. The molecule has 0 saturated heterocycles. The zero-order valence-corrected chi connectivity index (χ0v) is 11.9. The summed E-state index contributed by atoms with van der Waals surface area (Å²) in [5, 5.41) is 15.3. The number of ether oxygens (including phenoxy) is 1. The van der Waals surface area contributed by atoms with Crippen molar-refractivity contribution < 1.29 is 26.9 Å². The van der Waals surface area contributed by atoms with Crippen LogP contribution < -0.4 is 9.88 Å². The van der Waals surface area contributed by atoms with Crippen LogP contribution in [0.5, 0.6) is 5.75 Å². The SMILES string of the molecule is CCC(COc1cc(F)c([N+](=O)[O-])cc1F)CS(N)(=O)=O. The number of benzene rings is 1. The molecule has 0 aliphatic rings. The fraction of sp³-hybridized carbons (Fsp3) is 0.455. The van der Waals surface area contributed by atoms with Crippen molar-refractivity contribution in [1.29, 1.82) is 0 Å². The van der Waals surface area contributed by atoms with Crippen molar-refractivity contribution in [2.45, 2.75) is 13.3 Å². The maximum Gasteiger partial charge on any atom is 0.307 e. The van der Waals surface area contributed by atoms with Crippen LogP contribution in [0.3, 0.4) is 0 Å². The highest BCUT2D eigenvalue weighted by Gasteiger charge is 2.21. The molecule has 21 heavy (non-hydrogen) atoms. The minimum absolute atomic E-state index is 0.207. The summed E-state index contributed by atoms with van der Waals surface area (Å²) in [6, 6.07) is 0.961. The third-order valence-electron chi connectivity index (χ3n) is 2.72. The minimum atomic E-state index is -3.71. The van der Waals surface area contributed by atoms with Gasteiger partial charge < -0.3 is 4.74 Å². The number of nitrogens with two attached hydrogens (primary N) is 1. The van der Waals surface area contributed by atoms with E-state index in [2.05, 4.69) is 0 Å². The van der Waals surface area contributed by atoms with Gasteiger partial charge in [0, 0.05) is 12.0 Å². The van der Waals surface area contributed by atoms with E-state index in [0.717, 1.165) is 0 Å². The van der Waals surface area contributed by atoms with E-state index in [9.17, 15) is 27.3 Å². The van der Waals surface area contributed by atoms with Gasteiger partial charge in [-0.05, 0) is 6.42 Å². The topological polar surface area (TPSA) is 113 Å². The van der Waals surface area contributed by atoms with Gasteiger partial charge in [-0.1, -0.05) is 6.92 Å². The maximum atomic E-state index is 13.5. The van der Waals surface area contributed by atoms with Crippen molar-refractivity contribution in [3.05, 3.63) is 33.9 Å². The predicted molar refractivity (Wildman–Crippen MR) is 70.3 cm³/mol. The highest BCUT2D eigenvalue weighted by molar-refractivity contribution is 7.89. The molecule has 0 aliphatic carbocycles. The summed E-state index contributed by atoms with van der Waals surface area (Å²) in [5.74, 6) is -3.73. The minimum Gasteiger partial charge on any atom is -0.490 e. The Bertz CT molecular complexity index is 636. The summed E-state index contributed by atoms with van der Waals surface area (Å²) in [4.78, 5) is 9.37. The molecule has 0 aromatic heterocycles. The molecule has 1 aromatic carbocycles. The molecule has 1 rings (SSSR count). The lowest BCUT2D eigenvalue weighted by atomic mass is 10.1. The Balaban J connectivity index is 2.84. The number of hydrogen-bond acceptors (Lipinski definition) is 5. The van der Waals surface area contributed by atoms with E-state index in [-0.39, 0.29) is 12.4 Å². The lowest BCUT2D eigenvalue weighted by Crippen LogP contribution is -2.26. The van der Waals surface area contributed by atoms with Gasteiger partial charge in [0.25, 0.3) is 0 Å². The highest BCUT2D eigenvalue weighted by atomic mass is 32.2. The van der Waals surface area contributed by atoms with Gasteiger partial charge in [0.2, 0.25) is 15.8 Å². The van der Waals surface area contributed by atoms with Crippen LogP contribution in [-0.2, 0) is 10.0 Å². The Hall–Kier alpha value is -1.81. The van der Waals surface area contributed by atoms with E-state index in [0.29, 0.717) is 18.6 Å². The number of rotatable bonds is 7. The molecule has 0 fully saturated rings. The smallest absolute Gasteiger partial charge is 0.307 e. The largest absolute Gasteiger partial charge is 0.490 e. The Morgan fingerprint density at radius 3 is 2.48 bits per heavy atom. The van der Waals surface area contributed by atoms with Crippen molar-refractivity contribution in [1.82, 2.24) is 0 Å². The van der Waals surface area contributed by atoms with E-state index >= 15 is 0 Å². The molecule has 7 nitrogen and oxygen atoms in total. The first-order valence-corrected chi connectivity index (χ1v) is 7.62. The van der Waals surface area contributed by atoms with Gasteiger partial charge in [0.05, 0.1) is 23.3 Å². The molecule has 0 bridgehead atoms. The number of sulfonamides is 1. The maximum absolute atomic E-state index is 13.5. The Labute approximate surface area is 119 Å². The molecule has 0 heterocycles. The molecule has 1 aromatic rings. The summed E-state index contributed by atoms with van der Waals surface area (Å²) >= 11 is 0. The van der Waals surface area contributed by atoms with Gasteiger partial charge in [-0.3, -0.25) is 10.1 Å². The van der Waals surface area contributed by atoms with E-state index in [1.165, 1.54) is 0 Å². The first kappa shape index (κ1) is 17.2. The van der Waals surface area contributed by atoms with Crippen LogP contribution in [-0.4, -0.2) is 25.7 Å². The van der Waals surface area contributed by atoms with E-state index in [1.54, 1.807) is 6.92 Å². The van der Waals surface area contributed by atoms with Crippen molar-refractivity contribution in [2.24, 2.45) is 11.1 Å². The average molecular weight is 324 g/mol. The quantitative estimate of drug-likeness (QED) is 0.604. The number of nitrogens with zero attached hydrogens (tertiary/aromatic N) is 1. The Kier molecular flexibility index (Phi) is 5.55. The first-order valence-electron chi connectivity index (χ1n) is 5.90. The van der Waals surface area contributed by atoms with Crippen LogP contribution >= 0.6 is 0 Å². The molecule has 1 atom stereocenters. The van der Waals surface area contributed by atoms with Gasteiger partial charge in [-0.25, -0.2) is 17.9 Å². The molecule has 1 unspecified atom stereocenters. The van der Waals surface area contributed by atoms with Gasteiger partial charge in [-0.15, -0.1) is 0 Å². The van der Waals surface area contributed by atoms with Crippen molar-refractivity contribution in [3.8, 4) is 5.75 Å². The van der Waals surface area contributed by atoms with Crippen molar-refractivity contribution in [3.63, 3.8) is 0 Å². The highest BCUT2D eigenvalue weighted by Crippen LogP contribution is 2.26. The fourth-order valence-corrected chi connectivity index (χ4v) is 2.58. The van der Waals surface area contributed by atoms with Crippen LogP contribution in [0.4, 0.5) is 14.5 Å². The summed E-state index contributed by atoms with van der Waals surface area (Å²) in [5.41, 5.74) is -1.00. The molecular formula is C11H14F2N2O5S. The molecular weight excluding hydrogens is 310 g/mol. The molecule has 2 N–H and O–H groups in total. The zero-order valence-electron chi connectivity index (χ0n) is 11.1. The number of hydrogen-bond donors (Lipinski definition) is 1. The van der Waals surface area contributed by atoms with Gasteiger partial charge in [-0.2, -0.15) is 4.39 Å². The molecule has 0 saturated carbocycles. The Morgan fingerprint density at radius 2 is 2.00 bits per heavy atom. The number of nitro benzene ring substituents is 1. The van der Waals surface area contributed by atoms with E-state index in [4.69, 9.17) is 9.88 Å². The molecule has 10 heteroatoms. The fourth-order valence-electron chi connectivity index (χ4n) is 1.59. The Morgan fingerprint density at radius 1 is 1.38 bits per heavy atom. The summed E-state index contributed by atoms with van der Waals surface area (Å²) in [6.07, 6.45) is 0.396. The molecule has 118 valence electrons. The first-order chi connectivity index (χ1) is 9.64. The van der Waals surface area contributed by atoms with Crippen LogP contribution in [0.15, 0.2) is 12.1 Å². The second-order valence-corrected chi connectivity index (χ2v) is 6.07. The number of primary sulfonamides is 1. The lowest BCUT2D eigenvalue weighted by molar-refractivity contribution is -0.387. The predicted octanol–water partition coefficient (Wildman–Crippen LogP) is 1.57. The van der Waals surface area contributed by atoms with Crippen LogP contribution in [0, 0.1) is 27.7 Å². The van der Waals surface area contributed by atoms with Gasteiger partial charge in [0.1, 0.15) is 0 Å². The molecule has 0 spiro atoms. The van der Waals surface area contributed by atoms with Crippen LogP contribution in [0.25, 0.3) is 0 Å². The number of halogens is 2. The second kappa shape index (κ2) is 6.76. The third kappa shape index (κ3) is 5.23. The average Bonchev–Trinajstić information content (AvgIpc) is 2.35. The summed E-state index contributed by atoms with van der Waals surface area (Å²) < 4.78 is 53.8. The standard InChI is InChI=1S/C11H14F2N2O5S/c1-2-7(6-21(14,18)19)5-20-11-4-8(12)10(15(16)17)3-9(11)13/h3-4,7H,2,5-6H2,1H3,(H2,14,18,19). The monoisotopic (exact) mass is 324 g/mol. The van der Waals surface area contributed by atoms with Gasteiger partial charge in [0.15, 0.2) is 11.6 Å². The number of nitro groups is 1. The van der Waals surface area contributed by atoms with E-state index in [1.807, 2.05) is 0 Å². The third-order valence-corrected chi connectivity index (χ3v) is 3.65. The van der Waals surface area contributed by atoms with Gasteiger partial charge >= 0.3 is 5.69 Å². The summed E-state index contributed by atoms with van der Waals surface area (Å²) in [6.45, 7) is 1.48. The van der Waals surface area contributed by atoms with Crippen molar-refractivity contribution in [2.75, 3.05) is 12.4 Å².